The van der Waals surface area contributed by atoms with Crippen molar-refractivity contribution in [2.45, 2.75) is 40.2 Å². The number of ether oxygens (including phenoxy) is 1. The van der Waals surface area contributed by atoms with Gasteiger partial charge in [-0.25, -0.2) is 9.18 Å². The highest BCUT2D eigenvalue weighted by Gasteiger charge is 2.37. The fraction of sp³-hybridized carbons (Fsp3) is 0.364. The van der Waals surface area contributed by atoms with Gasteiger partial charge in [0, 0.05) is 12.1 Å². The number of nitrogens with zero attached hydrogens (tertiary/aromatic N) is 2. The van der Waals surface area contributed by atoms with Crippen LogP contribution in [0.15, 0.2) is 36.4 Å². The number of hydrogen-bond donors (Lipinski definition) is 0. The summed E-state index contributed by atoms with van der Waals surface area (Å²) in [6, 6.07) is 9.26. The standard InChI is InChI=1S/C22H25FN2O3/c1-5-18-13-24(21(26)16-8-7-9-17(23)12-16)19-10-14(3)15(4)11-20(19)25(18)22(27)28-6-2/h7-12,18H,5-6,13H2,1-4H3. The highest BCUT2D eigenvalue weighted by molar-refractivity contribution is 6.10. The molecule has 1 heterocycles. The first-order valence-corrected chi connectivity index (χ1v) is 9.52. The van der Waals surface area contributed by atoms with Gasteiger partial charge >= 0.3 is 6.09 Å². The monoisotopic (exact) mass is 384 g/mol. The molecule has 3 rings (SSSR count). The molecule has 0 saturated heterocycles. The molecule has 0 saturated carbocycles. The number of aryl methyl sites for hydroxylation is 2. The van der Waals surface area contributed by atoms with Crippen LogP contribution >= 0.6 is 0 Å². The van der Waals surface area contributed by atoms with Crippen LogP contribution in [0.2, 0.25) is 0 Å². The Bertz CT molecular complexity index is 913. The molecule has 28 heavy (non-hydrogen) atoms. The molecule has 0 aromatic heterocycles. The van der Waals surface area contributed by atoms with Gasteiger partial charge in [-0.3, -0.25) is 9.69 Å². The lowest BCUT2D eigenvalue weighted by Crippen LogP contribution is -2.53. The van der Waals surface area contributed by atoms with Crippen LogP contribution in [0, 0.1) is 19.7 Å². The predicted molar refractivity (Wildman–Crippen MR) is 108 cm³/mol. The summed E-state index contributed by atoms with van der Waals surface area (Å²) in [4.78, 5) is 29.1. The third kappa shape index (κ3) is 3.59. The first kappa shape index (κ1) is 19.9. The van der Waals surface area contributed by atoms with E-state index >= 15 is 0 Å². The fourth-order valence-corrected chi connectivity index (χ4v) is 3.50. The Balaban J connectivity index is 2.13. The second-order valence-electron chi connectivity index (χ2n) is 6.98. The molecule has 6 heteroatoms. The first-order valence-electron chi connectivity index (χ1n) is 9.52. The van der Waals surface area contributed by atoms with E-state index in [9.17, 15) is 14.0 Å². The number of hydrogen-bond acceptors (Lipinski definition) is 3. The van der Waals surface area contributed by atoms with Crippen molar-refractivity contribution >= 4 is 23.4 Å². The summed E-state index contributed by atoms with van der Waals surface area (Å²) < 4.78 is 18.9. The van der Waals surface area contributed by atoms with Crippen molar-refractivity contribution in [3.63, 3.8) is 0 Å². The van der Waals surface area contributed by atoms with Crippen molar-refractivity contribution in [1.82, 2.24) is 0 Å². The van der Waals surface area contributed by atoms with E-state index in [1.807, 2.05) is 32.9 Å². The van der Waals surface area contributed by atoms with Gasteiger partial charge in [-0.05, 0) is 68.7 Å². The number of rotatable bonds is 3. The van der Waals surface area contributed by atoms with Gasteiger partial charge in [0.2, 0.25) is 0 Å². The van der Waals surface area contributed by atoms with Gasteiger partial charge in [0.25, 0.3) is 5.91 Å². The van der Waals surface area contributed by atoms with Crippen molar-refractivity contribution in [2.75, 3.05) is 23.0 Å². The van der Waals surface area contributed by atoms with Crippen LogP contribution in [0.5, 0.6) is 0 Å². The molecule has 1 atom stereocenters. The van der Waals surface area contributed by atoms with Gasteiger partial charge in [-0.1, -0.05) is 13.0 Å². The second kappa shape index (κ2) is 8.00. The average Bonchev–Trinajstić information content (AvgIpc) is 2.67. The maximum atomic E-state index is 13.7. The van der Waals surface area contributed by atoms with Crippen LogP contribution in [0.1, 0.15) is 41.8 Å². The molecule has 2 aromatic carbocycles. The SMILES string of the molecule is CCOC(=O)N1c2cc(C)c(C)cc2N(C(=O)c2cccc(F)c2)CC1CC. The van der Waals surface area contributed by atoms with Crippen LogP contribution < -0.4 is 9.80 Å². The normalized spacial score (nSPS) is 16.0. The number of fused-ring (bicyclic) bond motifs is 1. The number of carbonyl (C=O) groups excluding carboxylic acids is 2. The van der Waals surface area contributed by atoms with Crippen LogP contribution in [-0.2, 0) is 4.74 Å². The minimum atomic E-state index is -0.455. The largest absolute Gasteiger partial charge is 0.449 e. The third-order valence-corrected chi connectivity index (χ3v) is 5.15. The van der Waals surface area contributed by atoms with E-state index in [1.165, 1.54) is 18.2 Å². The number of halogens is 1. The fourth-order valence-electron chi connectivity index (χ4n) is 3.50. The number of anilines is 2. The second-order valence-corrected chi connectivity index (χ2v) is 6.98. The van der Waals surface area contributed by atoms with E-state index in [0.717, 1.165) is 11.1 Å². The maximum absolute atomic E-state index is 13.7. The number of amides is 2. The third-order valence-electron chi connectivity index (χ3n) is 5.15. The van der Waals surface area contributed by atoms with E-state index in [1.54, 1.807) is 22.8 Å². The van der Waals surface area contributed by atoms with E-state index in [-0.39, 0.29) is 24.1 Å². The Hall–Kier alpha value is -2.89. The molecule has 1 aliphatic rings. The molecule has 5 nitrogen and oxygen atoms in total. The van der Waals surface area contributed by atoms with Crippen LogP contribution in [0.4, 0.5) is 20.6 Å². The molecule has 2 amide bonds. The van der Waals surface area contributed by atoms with Crippen LogP contribution in [0.3, 0.4) is 0 Å². The Labute approximate surface area is 164 Å². The van der Waals surface area contributed by atoms with Crippen molar-refractivity contribution in [3.05, 3.63) is 58.9 Å². The summed E-state index contributed by atoms with van der Waals surface area (Å²) in [6.07, 6.45) is 0.231. The van der Waals surface area contributed by atoms with E-state index in [0.29, 0.717) is 24.3 Å². The summed E-state index contributed by atoms with van der Waals surface area (Å²) in [5.74, 6) is -0.741. The van der Waals surface area contributed by atoms with Crippen molar-refractivity contribution in [2.24, 2.45) is 0 Å². The zero-order valence-corrected chi connectivity index (χ0v) is 16.7. The average molecular weight is 384 g/mol. The maximum Gasteiger partial charge on any atom is 0.414 e. The zero-order valence-electron chi connectivity index (χ0n) is 16.7. The van der Waals surface area contributed by atoms with Crippen molar-refractivity contribution in [3.8, 4) is 0 Å². The lowest BCUT2D eigenvalue weighted by atomic mass is 9.99. The molecular weight excluding hydrogens is 359 g/mol. The Morgan fingerprint density at radius 1 is 1.11 bits per heavy atom. The highest BCUT2D eigenvalue weighted by atomic mass is 19.1. The number of carbonyl (C=O) groups is 2. The Morgan fingerprint density at radius 3 is 2.39 bits per heavy atom. The topological polar surface area (TPSA) is 49.9 Å². The van der Waals surface area contributed by atoms with Gasteiger partial charge in [0.1, 0.15) is 5.82 Å². The lowest BCUT2D eigenvalue weighted by Gasteiger charge is -2.42. The summed E-state index contributed by atoms with van der Waals surface area (Å²) in [6.45, 7) is 8.25. The van der Waals surface area contributed by atoms with Crippen LogP contribution in [0.25, 0.3) is 0 Å². The minimum Gasteiger partial charge on any atom is -0.449 e. The molecule has 0 spiro atoms. The molecule has 0 fully saturated rings. The summed E-state index contributed by atoms with van der Waals surface area (Å²) in [7, 11) is 0. The van der Waals surface area contributed by atoms with Crippen molar-refractivity contribution in [1.29, 1.82) is 0 Å². The molecule has 0 N–H and O–H groups in total. The van der Waals surface area contributed by atoms with E-state index in [2.05, 4.69) is 0 Å². The molecule has 1 aliphatic heterocycles. The molecule has 0 aliphatic carbocycles. The van der Waals surface area contributed by atoms with Gasteiger partial charge in [-0.15, -0.1) is 0 Å². The molecular formula is C22H25FN2O3. The van der Waals surface area contributed by atoms with Gasteiger partial charge in [0.05, 0.1) is 24.0 Å². The van der Waals surface area contributed by atoms with E-state index < -0.39 is 11.9 Å². The predicted octanol–water partition coefficient (Wildman–Crippen LogP) is 4.84. The van der Waals surface area contributed by atoms with Crippen LogP contribution in [-0.4, -0.2) is 31.2 Å². The van der Waals surface area contributed by atoms with E-state index in [4.69, 9.17) is 4.74 Å². The summed E-state index contributed by atoms with van der Waals surface area (Å²) >= 11 is 0. The smallest absolute Gasteiger partial charge is 0.414 e. The number of benzene rings is 2. The summed E-state index contributed by atoms with van der Waals surface area (Å²) in [5.41, 5.74) is 3.58. The summed E-state index contributed by atoms with van der Waals surface area (Å²) in [5, 5.41) is 0. The van der Waals surface area contributed by atoms with Gasteiger partial charge in [-0.2, -0.15) is 0 Å². The van der Waals surface area contributed by atoms with Gasteiger partial charge in [0.15, 0.2) is 0 Å². The first-order chi connectivity index (χ1) is 13.4. The Kier molecular flexibility index (Phi) is 5.68. The molecule has 0 radical (unpaired) electrons. The zero-order chi connectivity index (χ0) is 20.4. The molecule has 148 valence electrons. The molecule has 1 unspecified atom stereocenters. The van der Waals surface area contributed by atoms with Gasteiger partial charge < -0.3 is 9.64 Å². The Morgan fingerprint density at radius 2 is 1.79 bits per heavy atom. The molecule has 2 aromatic rings. The minimum absolute atomic E-state index is 0.230. The highest BCUT2D eigenvalue weighted by Crippen LogP contribution is 2.39. The quantitative estimate of drug-likeness (QED) is 0.760. The van der Waals surface area contributed by atoms with Crippen molar-refractivity contribution < 1.29 is 18.7 Å². The molecule has 0 bridgehead atoms. The lowest BCUT2D eigenvalue weighted by molar-refractivity contribution is 0.0981.